The predicted molar refractivity (Wildman–Crippen MR) is 199 cm³/mol. The zero-order valence-corrected chi connectivity index (χ0v) is 29.6. The van der Waals surface area contributed by atoms with E-state index in [1.54, 1.807) is 61.5 Å². The van der Waals surface area contributed by atoms with Crippen LogP contribution in [0.4, 0.5) is 23.4 Å². The fourth-order valence-electron chi connectivity index (χ4n) is 7.77. The van der Waals surface area contributed by atoms with Gasteiger partial charge >= 0.3 is 6.18 Å². The third-order valence-electron chi connectivity index (χ3n) is 10.6. The van der Waals surface area contributed by atoms with E-state index in [4.69, 9.17) is 15.2 Å². The molecule has 8 rings (SSSR count). The number of carbonyl (C=O) groups is 1. The van der Waals surface area contributed by atoms with Gasteiger partial charge in [0.25, 0.3) is 0 Å². The van der Waals surface area contributed by atoms with Gasteiger partial charge in [0.15, 0.2) is 11.6 Å². The number of nitrogen functional groups attached to an aromatic ring is 1. The van der Waals surface area contributed by atoms with Crippen LogP contribution in [-0.2, 0) is 6.18 Å². The molecule has 3 heterocycles. The zero-order chi connectivity index (χ0) is 37.6. The molecule has 0 atom stereocenters. The topological polar surface area (TPSA) is 98.4 Å². The number of para-hydroxylation sites is 1. The number of aromatic amines is 1. The largest absolute Gasteiger partial charge is 0.490 e. The van der Waals surface area contributed by atoms with Crippen molar-refractivity contribution in [1.82, 2.24) is 19.7 Å². The molecule has 1 saturated heterocycles. The Morgan fingerprint density at radius 2 is 1.61 bits per heavy atom. The minimum absolute atomic E-state index is 0.00101. The zero-order valence-electron chi connectivity index (χ0n) is 29.6. The summed E-state index contributed by atoms with van der Waals surface area (Å²) < 4.78 is 70.8. The Morgan fingerprint density at radius 1 is 0.870 bits per heavy atom. The van der Waals surface area contributed by atoms with Gasteiger partial charge in [0, 0.05) is 35.6 Å². The molecule has 278 valence electrons. The lowest BCUT2D eigenvalue weighted by atomic mass is 9.97. The van der Waals surface area contributed by atoms with E-state index < -0.39 is 23.3 Å². The lowest BCUT2D eigenvalue weighted by molar-refractivity contribution is -0.137. The number of benzene rings is 4. The number of nitrogens with two attached hydrogens (primary N) is 1. The van der Waals surface area contributed by atoms with Gasteiger partial charge in [-0.05, 0) is 98.3 Å². The van der Waals surface area contributed by atoms with Crippen LogP contribution in [0.25, 0.3) is 27.7 Å². The maximum Gasteiger partial charge on any atom is 0.417 e. The maximum atomic E-state index is 14.3. The van der Waals surface area contributed by atoms with Gasteiger partial charge in [-0.25, -0.2) is 9.07 Å². The third kappa shape index (κ3) is 6.93. The summed E-state index contributed by atoms with van der Waals surface area (Å²) in [6.45, 7) is 3.57. The van der Waals surface area contributed by atoms with Crippen LogP contribution in [0.15, 0.2) is 91.1 Å². The van der Waals surface area contributed by atoms with Crippen molar-refractivity contribution in [3.8, 4) is 34.1 Å². The number of aryl methyl sites for hydroxylation is 1. The first-order chi connectivity index (χ1) is 26.0. The predicted octanol–water partition coefficient (Wildman–Crippen LogP) is 9.88. The molecule has 2 aliphatic rings. The number of nitrogens with one attached hydrogen (secondary N) is 1. The molecule has 3 N–H and O–H groups in total. The van der Waals surface area contributed by atoms with Gasteiger partial charge in [-0.1, -0.05) is 43.2 Å². The number of ether oxygens (including phenoxy) is 2. The van der Waals surface area contributed by atoms with Crippen LogP contribution in [-0.4, -0.2) is 50.7 Å². The van der Waals surface area contributed by atoms with Gasteiger partial charge in [0.2, 0.25) is 5.78 Å². The summed E-state index contributed by atoms with van der Waals surface area (Å²) in [5, 5.41) is 4.99. The number of halogens is 4. The van der Waals surface area contributed by atoms with Gasteiger partial charge in [0.1, 0.15) is 23.4 Å². The van der Waals surface area contributed by atoms with Crippen molar-refractivity contribution in [3.05, 3.63) is 119 Å². The number of piperidine rings is 1. The molecule has 1 saturated carbocycles. The first kappa shape index (κ1) is 35.4. The second kappa shape index (κ2) is 14.3. The van der Waals surface area contributed by atoms with E-state index in [9.17, 15) is 22.4 Å². The number of H-pyrrole nitrogens is 1. The Hall–Kier alpha value is -5.62. The minimum Gasteiger partial charge on any atom is -0.490 e. The molecule has 0 radical (unpaired) electrons. The van der Waals surface area contributed by atoms with Crippen LogP contribution >= 0.6 is 0 Å². The van der Waals surface area contributed by atoms with Crippen molar-refractivity contribution in [2.24, 2.45) is 0 Å². The van der Waals surface area contributed by atoms with Crippen molar-refractivity contribution in [2.75, 3.05) is 18.8 Å². The molecule has 4 aromatic carbocycles. The molecule has 0 unspecified atom stereocenters. The van der Waals surface area contributed by atoms with Gasteiger partial charge in [-0.3, -0.25) is 4.79 Å². The number of fused-ring (bicyclic) bond motifs is 1. The van der Waals surface area contributed by atoms with Crippen LogP contribution in [0, 0.1) is 12.7 Å². The summed E-state index contributed by atoms with van der Waals surface area (Å²) in [4.78, 5) is 19.6. The van der Waals surface area contributed by atoms with E-state index >= 15 is 0 Å². The Kier molecular flexibility index (Phi) is 9.39. The summed E-state index contributed by atoms with van der Waals surface area (Å²) in [6, 6.07) is 22.3. The highest BCUT2D eigenvalue weighted by atomic mass is 19.4. The van der Waals surface area contributed by atoms with Crippen LogP contribution in [0.2, 0.25) is 0 Å². The van der Waals surface area contributed by atoms with Crippen LogP contribution in [0.5, 0.6) is 17.2 Å². The number of hydrogen-bond donors (Lipinski definition) is 2. The molecule has 0 spiro atoms. The Labute approximate surface area is 309 Å². The molecular formula is C42H39F4N5O3. The van der Waals surface area contributed by atoms with E-state index in [1.165, 1.54) is 60.8 Å². The number of aromatic nitrogens is 3. The molecule has 0 amide bonds. The lowest BCUT2D eigenvalue weighted by Gasteiger charge is -2.36. The quantitative estimate of drug-likeness (QED) is 0.113. The fraction of sp³-hybridized carbons (Fsp3) is 0.286. The number of rotatable bonds is 9. The van der Waals surface area contributed by atoms with Gasteiger partial charge in [-0.2, -0.15) is 18.3 Å². The Morgan fingerprint density at radius 3 is 2.35 bits per heavy atom. The average Bonchev–Trinajstić information content (AvgIpc) is 3.93. The van der Waals surface area contributed by atoms with E-state index in [0.717, 1.165) is 32.0 Å². The van der Waals surface area contributed by atoms with E-state index in [2.05, 4.69) is 15.0 Å². The SMILES string of the molecule is Cc1cc(-n2ncc(C(=O)c3cc4cc(OC5CCN(C6CCCC6)CC5)c(-c5ccccc5C(F)(F)F)cc4[nH]3)c2N)ccc1Oc1ccccc1F. The second-order valence-corrected chi connectivity index (χ2v) is 14.1. The first-order valence-electron chi connectivity index (χ1n) is 18.2. The molecule has 0 bridgehead atoms. The second-order valence-electron chi connectivity index (χ2n) is 14.1. The summed E-state index contributed by atoms with van der Waals surface area (Å²) in [6.07, 6.45) is 3.10. The van der Waals surface area contributed by atoms with Gasteiger partial charge < -0.3 is 25.1 Å². The van der Waals surface area contributed by atoms with Crippen molar-refractivity contribution in [3.63, 3.8) is 0 Å². The van der Waals surface area contributed by atoms with Gasteiger partial charge in [-0.15, -0.1) is 0 Å². The molecule has 8 nitrogen and oxygen atoms in total. The molecule has 12 heteroatoms. The van der Waals surface area contributed by atoms with Gasteiger partial charge in [0.05, 0.1) is 28.7 Å². The van der Waals surface area contributed by atoms with E-state index in [0.29, 0.717) is 45.3 Å². The smallest absolute Gasteiger partial charge is 0.417 e. The highest BCUT2D eigenvalue weighted by Gasteiger charge is 2.35. The number of likely N-dealkylation sites (tertiary alicyclic amines) is 1. The molecular weight excluding hydrogens is 698 g/mol. The fourth-order valence-corrected chi connectivity index (χ4v) is 7.77. The Bertz CT molecular complexity index is 2330. The molecule has 54 heavy (non-hydrogen) atoms. The number of alkyl halides is 3. The molecule has 1 aliphatic carbocycles. The van der Waals surface area contributed by atoms with Crippen molar-refractivity contribution in [1.29, 1.82) is 0 Å². The van der Waals surface area contributed by atoms with Crippen LogP contribution < -0.4 is 15.2 Å². The van der Waals surface area contributed by atoms with Crippen molar-refractivity contribution < 1.29 is 31.8 Å². The summed E-state index contributed by atoms with van der Waals surface area (Å²) in [5.74, 6) is 0.0338. The third-order valence-corrected chi connectivity index (χ3v) is 10.6. The highest BCUT2D eigenvalue weighted by Crippen LogP contribution is 2.43. The first-order valence-corrected chi connectivity index (χ1v) is 18.2. The summed E-state index contributed by atoms with van der Waals surface area (Å²) in [5.41, 5.74) is 8.07. The van der Waals surface area contributed by atoms with E-state index in [-0.39, 0.29) is 34.5 Å². The molecule has 6 aromatic rings. The lowest BCUT2D eigenvalue weighted by Crippen LogP contribution is -2.43. The molecule has 2 aromatic heterocycles. The van der Waals surface area contributed by atoms with Crippen molar-refractivity contribution in [2.45, 2.75) is 63.8 Å². The number of hydrogen-bond acceptors (Lipinski definition) is 6. The average molecular weight is 738 g/mol. The molecule has 1 aliphatic heterocycles. The summed E-state index contributed by atoms with van der Waals surface area (Å²) >= 11 is 0. The standard InChI is InChI=1S/C42H39F4N5O3/c1-25-20-28(14-15-37(25)54-38-13-7-6-12-34(38)43)51-41(47)32(24-48-51)40(52)36-21-26-22-39(53-29-16-18-50(19-17-29)27-8-2-3-9-27)31(23-35(26)49-36)30-10-4-5-11-33(30)42(44,45)46/h4-7,10-15,20-24,27,29,49H,2-3,8-9,16-19,47H2,1H3. The minimum atomic E-state index is -4.59. The number of nitrogens with zero attached hydrogens (tertiary/aromatic N) is 3. The summed E-state index contributed by atoms with van der Waals surface area (Å²) in [7, 11) is 0. The number of carbonyl (C=O) groups excluding carboxylic acids is 1. The monoisotopic (exact) mass is 737 g/mol. The van der Waals surface area contributed by atoms with Crippen molar-refractivity contribution >= 4 is 22.5 Å². The van der Waals surface area contributed by atoms with E-state index in [1.807, 2.05) is 0 Å². The number of anilines is 1. The normalized spacial score (nSPS) is 15.9. The highest BCUT2D eigenvalue weighted by molar-refractivity contribution is 6.13. The van der Waals surface area contributed by atoms with Crippen LogP contribution in [0.1, 0.15) is 65.7 Å². The van der Waals surface area contributed by atoms with Crippen LogP contribution in [0.3, 0.4) is 0 Å². The Balaban J connectivity index is 1.09. The number of ketones is 1. The molecule has 2 fully saturated rings. The maximum absolute atomic E-state index is 14.3.